The zero-order valence-corrected chi connectivity index (χ0v) is 7.09. The highest BCUT2D eigenvalue weighted by Crippen LogP contribution is 2.31. The van der Waals surface area contributed by atoms with Crippen molar-refractivity contribution >= 4 is 0 Å². The molecule has 1 aromatic rings. The van der Waals surface area contributed by atoms with Crippen LogP contribution in [0.25, 0.3) is 0 Å². The lowest BCUT2D eigenvalue weighted by Crippen LogP contribution is -2.34. The molecule has 0 saturated carbocycles. The number of fused-ring (bicyclic) bond motifs is 1. The van der Waals surface area contributed by atoms with Gasteiger partial charge in [0.05, 0.1) is 0 Å². The molecule has 0 aromatic heterocycles. The first-order valence-corrected chi connectivity index (χ1v) is 4.43. The summed E-state index contributed by atoms with van der Waals surface area (Å²) in [5, 5.41) is 3.40. The molecule has 1 aromatic carbocycles. The highest BCUT2D eigenvalue weighted by molar-refractivity contribution is 5.39. The van der Waals surface area contributed by atoms with E-state index in [2.05, 4.69) is 29.6 Å². The van der Waals surface area contributed by atoms with Gasteiger partial charge in [0.2, 0.25) is 0 Å². The molecule has 1 aliphatic carbocycles. The minimum absolute atomic E-state index is 0.560. The summed E-state index contributed by atoms with van der Waals surface area (Å²) < 4.78 is 0. The monoisotopic (exact) mass is 162 g/mol. The molecule has 0 radical (unpaired) electrons. The molecule has 0 spiro atoms. The number of nitrogens with one attached hydrogen (secondary N) is 1. The van der Waals surface area contributed by atoms with E-state index in [0.717, 1.165) is 19.5 Å². The Morgan fingerprint density at radius 3 is 3.00 bits per heavy atom. The third-order valence-electron chi connectivity index (χ3n) is 2.39. The van der Waals surface area contributed by atoms with Crippen LogP contribution in [-0.2, 0) is 6.42 Å². The van der Waals surface area contributed by atoms with E-state index in [9.17, 15) is 0 Å². The molecule has 3 N–H and O–H groups in total. The Kier molecular flexibility index (Phi) is 2.11. The first kappa shape index (κ1) is 7.77. The molecule has 0 saturated heterocycles. The molecule has 1 aliphatic rings. The van der Waals surface area contributed by atoms with Crippen LogP contribution in [0.5, 0.6) is 0 Å². The molecular weight excluding hydrogens is 148 g/mol. The second-order valence-corrected chi connectivity index (χ2v) is 3.20. The molecule has 1 unspecified atom stereocenters. The number of hydrogen-bond donors (Lipinski definition) is 2. The largest absolute Gasteiger partial charge is 0.329 e. The average molecular weight is 162 g/mol. The van der Waals surface area contributed by atoms with Gasteiger partial charge in [-0.3, -0.25) is 0 Å². The average Bonchev–Trinajstić information content (AvgIpc) is 2.07. The van der Waals surface area contributed by atoms with Crippen LogP contribution < -0.4 is 11.1 Å². The normalized spacial score (nSPS) is 19.9. The van der Waals surface area contributed by atoms with Crippen LogP contribution in [0.2, 0.25) is 0 Å². The van der Waals surface area contributed by atoms with Gasteiger partial charge in [-0.25, -0.2) is 0 Å². The van der Waals surface area contributed by atoms with Crippen LogP contribution in [0.4, 0.5) is 0 Å². The number of hydrogen-bond acceptors (Lipinski definition) is 2. The van der Waals surface area contributed by atoms with E-state index < -0.39 is 0 Å². The summed E-state index contributed by atoms with van der Waals surface area (Å²) in [4.78, 5) is 0. The zero-order valence-electron chi connectivity index (χ0n) is 7.09. The third-order valence-corrected chi connectivity index (χ3v) is 2.39. The smallest absolute Gasteiger partial charge is 0.0364 e. The lowest BCUT2D eigenvalue weighted by molar-refractivity contribution is 0.489. The van der Waals surface area contributed by atoms with Gasteiger partial charge in [-0.15, -0.1) is 0 Å². The molecular formula is C10H14N2. The van der Waals surface area contributed by atoms with E-state index in [-0.39, 0.29) is 0 Å². The van der Waals surface area contributed by atoms with Crippen molar-refractivity contribution in [2.45, 2.75) is 12.5 Å². The van der Waals surface area contributed by atoms with Gasteiger partial charge < -0.3 is 11.1 Å². The summed E-state index contributed by atoms with van der Waals surface area (Å²) in [5.74, 6) is 0. The van der Waals surface area contributed by atoms with E-state index in [1.165, 1.54) is 11.1 Å². The summed E-state index contributed by atoms with van der Waals surface area (Å²) in [6.07, 6.45) is 1.16. The maximum Gasteiger partial charge on any atom is 0.0364 e. The predicted molar refractivity (Wildman–Crippen MR) is 49.9 cm³/mol. The lowest BCUT2D eigenvalue weighted by atomic mass is 9.83. The second kappa shape index (κ2) is 3.25. The fraction of sp³-hybridized carbons (Fsp3) is 0.400. The summed E-state index contributed by atoms with van der Waals surface area (Å²) in [5.41, 5.74) is 8.34. The topological polar surface area (TPSA) is 38.0 Å². The second-order valence-electron chi connectivity index (χ2n) is 3.20. The standard InChI is InChI=1S/C10H14N2/c11-5-6-12-10-7-8-3-1-2-4-9(8)10/h1-4,10,12H,5-7,11H2. The summed E-state index contributed by atoms with van der Waals surface area (Å²) in [6.45, 7) is 1.64. The van der Waals surface area contributed by atoms with Crippen LogP contribution in [0.1, 0.15) is 17.2 Å². The molecule has 2 rings (SSSR count). The van der Waals surface area contributed by atoms with Crippen molar-refractivity contribution in [1.29, 1.82) is 0 Å². The highest BCUT2D eigenvalue weighted by atomic mass is 14.9. The quantitative estimate of drug-likeness (QED) is 0.691. The Morgan fingerprint density at radius 2 is 2.25 bits per heavy atom. The maximum atomic E-state index is 5.41. The minimum Gasteiger partial charge on any atom is -0.329 e. The molecule has 0 aliphatic heterocycles. The fourth-order valence-electron chi connectivity index (χ4n) is 1.70. The van der Waals surface area contributed by atoms with Gasteiger partial charge in [0.25, 0.3) is 0 Å². The molecule has 2 heteroatoms. The van der Waals surface area contributed by atoms with E-state index in [1.807, 2.05) is 0 Å². The van der Waals surface area contributed by atoms with Crippen molar-refractivity contribution in [2.75, 3.05) is 13.1 Å². The van der Waals surface area contributed by atoms with Crippen molar-refractivity contribution in [3.8, 4) is 0 Å². The number of nitrogens with two attached hydrogens (primary N) is 1. The van der Waals surface area contributed by atoms with Gasteiger partial charge >= 0.3 is 0 Å². The molecule has 12 heavy (non-hydrogen) atoms. The predicted octanol–water partition coefficient (Wildman–Crippen LogP) is 0.832. The fourth-order valence-corrected chi connectivity index (χ4v) is 1.70. The van der Waals surface area contributed by atoms with E-state index >= 15 is 0 Å². The molecule has 1 atom stereocenters. The molecule has 0 heterocycles. The van der Waals surface area contributed by atoms with Gasteiger partial charge in [-0.2, -0.15) is 0 Å². The van der Waals surface area contributed by atoms with E-state index in [0.29, 0.717) is 6.04 Å². The minimum atomic E-state index is 0.560. The molecule has 0 bridgehead atoms. The van der Waals surface area contributed by atoms with Crippen molar-refractivity contribution in [1.82, 2.24) is 5.32 Å². The SMILES string of the molecule is NCCNC1Cc2ccccc21. The Labute approximate surface area is 72.8 Å². The van der Waals surface area contributed by atoms with Crippen LogP contribution in [0.15, 0.2) is 24.3 Å². The van der Waals surface area contributed by atoms with Crippen molar-refractivity contribution < 1.29 is 0 Å². The Balaban J connectivity index is 2.00. The molecule has 0 fully saturated rings. The molecule has 2 nitrogen and oxygen atoms in total. The summed E-state index contributed by atoms with van der Waals surface area (Å²) in [7, 11) is 0. The van der Waals surface area contributed by atoms with Gasteiger partial charge in [0.15, 0.2) is 0 Å². The number of benzene rings is 1. The Bertz CT molecular complexity index is 270. The Morgan fingerprint density at radius 1 is 1.42 bits per heavy atom. The van der Waals surface area contributed by atoms with Crippen LogP contribution in [-0.4, -0.2) is 13.1 Å². The first-order chi connectivity index (χ1) is 5.92. The van der Waals surface area contributed by atoms with Crippen molar-refractivity contribution in [2.24, 2.45) is 5.73 Å². The maximum absolute atomic E-state index is 5.41. The van der Waals surface area contributed by atoms with E-state index in [4.69, 9.17) is 5.73 Å². The molecule has 64 valence electrons. The van der Waals surface area contributed by atoms with Crippen molar-refractivity contribution in [3.05, 3.63) is 35.4 Å². The van der Waals surface area contributed by atoms with E-state index in [1.54, 1.807) is 0 Å². The third kappa shape index (κ3) is 1.24. The number of rotatable bonds is 3. The van der Waals surface area contributed by atoms with Gasteiger partial charge in [-0.1, -0.05) is 24.3 Å². The van der Waals surface area contributed by atoms with Gasteiger partial charge in [0, 0.05) is 19.1 Å². The van der Waals surface area contributed by atoms with Gasteiger partial charge in [0.1, 0.15) is 0 Å². The van der Waals surface area contributed by atoms with Crippen LogP contribution in [0.3, 0.4) is 0 Å². The highest BCUT2D eigenvalue weighted by Gasteiger charge is 2.23. The van der Waals surface area contributed by atoms with Gasteiger partial charge in [-0.05, 0) is 17.5 Å². The van der Waals surface area contributed by atoms with Crippen LogP contribution >= 0.6 is 0 Å². The Hall–Kier alpha value is -0.860. The first-order valence-electron chi connectivity index (χ1n) is 4.43. The van der Waals surface area contributed by atoms with Crippen molar-refractivity contribution in [3.63, 3.8) is 0 Å². The van der Waals surface area contributed by atoms with Crippen LogP contribution in [0, 0.1) is 0 Å². The summed E-state index contributed by atoms with van der Waals surface area (Å²) >= 11 is 0. The molecule has 0 amide bonds. The summed E-state index contributed by atoms with van der Waals surface area (Å²) in [6, 6.07) is 9.13. The lowest BCUT2D eigenvalue weighted by Gasteiger charge is -2.30. The zero-order chi connectivity index (χ0) is 8.39.